The van der Waals surface area contributed by atoms with Gasteiger partial charge in [0.1, 0.15) is 6.10 Å². The van der Waals surface area contributed by atoms with Crippen molar-refractivity contribution in [1.82, 2.24) is 9.80 Å². The molecular formula is C10H16N2O3. The van der Waals surface area contributed by atoms with Gasteiger partial charge in [0, 0.05) is 26.8 Å². The van der Waals surface area contributed by atoms with Crippen molar-refractivity contribution >= 4 is 11.7 Å². The molecule has 1 unspecified atom stereocenters. The van der Waals surface area contributed by atoms with Gasteiger partial charge in [-0.05, 0) is 12.5 Å². The van der Waals surface area contributed by atoms with Crippen LogP contribution in [0.1, 0.15) is 6.42 Å². The van der Waals surface area contributed by atoms with Gasteiger partial charge < -0.3 is 14.9 Å². The summed E-state index contributed by atoms with van der Waals surface area (Å²) in [6.07, 6.45) is 2.57. The lowest BCUT2D eigenvalue weighted by Gasteiger charge is -2.13. The molecule has 5 nitrogen and oxygen atoms in total. The van der Waals surface area contributed by atoms with Crippen LogP contribution < -0.4 is 0 Å². The third-order valence-electron chi connectivity index (χ3n) is 2.17. The van der Waals surface area contributed by atoms with Crippen LogP contribution in [-0.2, 0) is 9.59 Å². The van der Waals surface area contributed by atoms with Gasteiger partial charge in [0.15, 0.2) is 5.78 Å². The molecular weight excluding hydrogens is 196 g/mol. The van der Waals surface area contributed by atoms with Crippen LogP contribution in [0.25, 0.3) is 0 Å². The number of carbonyl (C=O) groups is 2. The van der Waals surface area contributed by atoms with Crippen LogP contribution >= 0.6 is 0 Å². The summed E-state index contributed by atoms with van der Waals surface area (Å²) < 4.78 is 0. The molecule has 1 aliphatic heterocycles. The second-order valence-corrected chi connectivity index (χ2v) is 3.81. The summed E-state index contributed by atoms with van der Waals surface area (Å²) >= 11 is 0. The van der Waals surface area contributed by atoms with Crippen LogP contribution in [0, 0.1) is 0 Å². The van der Waals surface area contributed by atoms with Crippen LogP contribution in [-0.4, -0.2) is 59.9 Å². The van der Waals surface area contributed by atoms with Crippen molar-refractivity contribution in [3.63, 3.8) is 0 Å². The van der Waals surface area contributed by atoms with E-state index >= 15 is 0 Å². The van der Waals surface area contributed by atoms with Crippen molar-refractivity contribution in [1.29, 1.82) is 0 Å². The molecule has 0 aromatic heterocycles. The van der Waals surface area contributed by atoms with E-state index in [9.17, 15) is 14.7 Å². The van der Waals surface area contributed by atoms with E-state index in [0.29, 0.717) is 13.0 Å². The minimum absolute atomic E-state index is 0.0558. The Hall–Kier alpha value is -1.36. The molecule has 1 heterocycles. The average molecular weight is 212 g/mol. The molecule has 1 amide bonds. The second-order valence-electron chi connectivity index (χ2n) is 3.81. The lowest BCUT2D eigenvalue weighted by molar-refractivity contribution is -0.136. The maximum atomic E-state index is 11.4. The van der Waals surface area contributed by atoms with Gasteiger partial charge in [0.2, 0.25) is 0 Å². The van der Waals surface area contributed by atoms with E-state index in [-0.39, 0.29) is 18.2 Å². The highest BCUT2D eigenvalue weighted by Gasteiger charge is 2.30. The van der Waals surface area contributed by atoms with Gasteiger partial charge in [0.05, 0.1) is 6.54 Å². The lowest BCUT2D eigenvalue weighted by atomic mass is 10.3. The van der Waals surface area contributed by atoms with Gasteiger partial charge in [-0.15, -0.1) is 0 Å². The Morgan fingerprint density at radius 1 is 1.67 bits per heavy atom. The number of hydrogen-bond donors (Lipinski definition) is 1. The molecule has 1 rings (SSSR count). The van der Waals surface area contributed by atoms with Gasteiger partial charge >= 0.3 is 0 Å². The van der Waals surface area contributed by atoms with Crippen LogP contribution in [0.3, 0.4) is 0 Å². The standard InChI is InChI=1S/C10H16N2O3/c1-11(2)5-3-8(13)7-12-6-4-9(14)10(12)15/h3,5,9,14H,4,6-7H2,1-2H3. The molecule has 0 aromatic rings. The first-order valence-electron chi connectivity index (χ1n) is 4.85. The monoisotopic (exact) mass is 212 g/mol. The molecule has 0 radical (unpaired) electrons. The number of aliphatic hydroxyl groups is 1. The maximum Gasteiger partial charge on any atom is 0.251 e. The zero-order valence-corrected chi connectivity index (χ0v) is 9.01. The zero-order valence-electron chi connectivity index (χ0n) is 9.01. The topological polar surface area (TPSA) is 60.9 Å². The molecule has 1 fully saturated rings. The van der Waals surface area contributed by atoms with E-state index in [1.165, 1.54) is 11.0 Å². The first kappa shape index (κ1) is 11.7. The highest BCUT2D eigenvalue weighted by molar-refractivity contribution is 5.95. The van der Waals surface area contributed by atoms with Crippen molar-refractivity contribution in [3.8, 4) is 0 Å². The minimum Gasteiger partial charge on any atom is -0.383 e. The fourth-order valence-corrected chi connectivity index (χ4v) is 1.35. The fourth-order valence-electron chi connectivity index (χ4n) is 1.35. The smallest absolute Gasteiger partial charge is 0.251 e. The predicted octanol–water partition coefficient (Wildman–Crippen LogP) is -0.776. The highest BCUT2D eigenvalue weighted by Crippen LogP contribution is 2.10. The van der Waals surface area contributed by atoms with E-state index in [1.807, 2.05) is 14.1 Å². The van der Waals surface area contributed by atoms with E-state index in [0.717, 1.165) is 0 Å². The Bertz CT molecular complexity index is 286. The summed E-state index contributed by atoms with van der Waals surface area (Å²) in [7, 11) is 3.63. The quantitative estimate of drug-likeness (QED) is 0.621. The Balaban J connectivity index is 2.42. The SMILES string of the molecule is CN(C)C=CC(=O)CN1CCC(O)C1=O. The molecule has 1 aliphatic rings. The van der Waals surface area contributed by atoms with E-state index in [2.05, 4.69) is 0 Å². The maximum absolute atomic E-state index is 11.4. The normalized spacial score (nSPS) is 21.4. The van der Waals surface area contributed by atoms with Crippen LogP contribution in [0.4, 0.5) is 0 Å². The molecule has 0 saturated carbocycles. The first-order chi connectivity index (χ1) is 7.00. The largest absolute Gasteiger partial charge is 0.383 e. The molecule has 0 spiro atoms. The number of nitrogens with zero attached hydrogens (tertiary/aromatic N) is 2. The van der Waals surface area contributed by atoms with Crippen LogP contribution in [0.2, 0.25) is 0 Å². The number of aliphatic hydroxyl groups excluding tert-OH is 1. The fraction of sp³-hybridized carbons (Fsp3) is 0.600. The van der Waals surface area contributed by atoms with E-state index < -0.39 is 6.10 Å². The Kier molecular flexibility index (Phi) is 3.85. The van der Waals surface area contributed by atoms with Crippen LogP contribution in [0.15, 0.2) is 12.3 Å². The lowest BCUT2D eigenvalue weighted by Crippen LogP contribution is -2.33. The zero-order chi connectivity index (χ0) is 11.4. The van der Waals surface area contributed by atoms with Crippen molar-refractivity contribution in [3.05, 3.63) is 12.3 Å². The first-order valence-corrected chi connectivity index (χ1v) is 4.85. The number of ketones is 1. The second kappa shape index (κ2) is 4.93. The summed E-state index contributed by atoms with van der Waals surface area (Å²) in [5.41, 5.74) is 0. The Labute approximate surface area is 89.0 Å². The van der Waals surface area contributed by atoms with Gasteiger partial charge in [0.25, 0.3) is 5.91 Å². The average Bonchev–Trinajstić information content (AvgIpc) is 2.47. The number of hydrogen-bond acceptors (Lipinski definition) is 4. The van der Waals surface area contributed by atoms with Crippen LogP contribution in [0.5, 0.6) is 0 Å². The highest BCUT2D eigenvalue weighted by atomic mass is 16.3. The number of carbonyl (C=O) groups excluding carboxylic acids is 2. The van der Waals surface area contributed by atoms with Crippen molar-refractivity contribution in [2.75, 3.05) is 27.2 Å². The third-order valence-corrected chi connectivity index (χ3v) is 2.17. The summed E-state index contributed by atoms with van der Waals surface area (Å²) in [5.74, 6) is -0.479. The van der Waals surface area contributed by atoms with E-state index in [1.54, 1.807) is 11.1 Å². The number of amides is 1. The van der Waals surface area contributed by atoms with Gasteiger partial charge in [-0.2, -0.15) is 0 Å². The minimum atomic E-state index is -0.921. The molecule has 15 heavy (non-hydrogen) atoms. The molecule has 0 aromatic carbocycles. The van der Waals surface area contributed by atoms with Crippen molar-refractivity contribution < 1.29 is 14.7 Å². The summed E-state index contributed by atoms with van der Waals surface area (Å²) in [5, 5.41) is 9.17. The molecule has 84 valence electrons. The third kappa shape index (κ3) is 3.36. The van der Waals surface area contributed by atoms with Crippen molar-refractivity contribution in [2.24, 2.45) is 0 Å². The molecule has 5 heteroatoms. The van der Waals surface area contributed by atoms with Gasteiger partial charge in [-0.1, -0.05) is 0 Å². The van der Waals surface area contributed by atoms with E-state index in [4.69, 9.17) is 0 Å². The summed E-state index contributed by atoms with van der Waals surface area (Å²) in [4.78, 5) is 25.8. The predicted molar refractivity (Wildman–Crippen MR) is 55.0 cm³/mol. The molecule has 0 aliphatic carbocycles. The Morgan fingerprint density at radius 2 is 2.33 bits per heavy atom. The molecule has 0 bridgehead atoms. The van der Waals surface area contributed by atoms with Crippen molar-refractivity contribution in [2.45, 2.75) is 12.5 Å². The van der Waals surface area contributed by atoms with Gasteiger partial charge in [-0.3, -0.25) is 9.59 Å². The Morgan fingerprint density at radius 3 is 2.80 bits per heavy atom. The molecule has 1 saturated heterocycles. The molecule has 1 N–H and O–H groups in total. The number of likely N-dealkylation sites (tertiary alicyclic amines) is 1. The summed E-state index contributed by atoms with van der Waals surface area (Å²) in [6, 6.07) is 0. The molecule has 1 atom stereocenters. The summed E-state index contributed by atoms with van der Waals surface area (Å²) in [6.45, 7) is 0.516. The number of rotatable bonds is 4. The van der Waals surface area contributed by atoms with Gasteiger partial charge in [-0.25, -0.2) is 0 Å².